The Balaban J connectivity index is 2.74. The first-order valence-electron chi connectivity index (χ1n) is 5.35. The fourth-order valence-corrected chi connectivity index (χ4v) is 1.99. The van der Waals surface area contributed by atoms with Gasteiger partial charge in [0, 0.05) is 32.9 Å². The molecule has 1 aromatic rings. The highest BCUT2D eigenvalue weighted by Crippen LogP contribution is 2.26. The minimum absolute atomic E-state index is 0.362. The number of nitrogens with two attached hydrogens (primary N) is 1. The molecule has 0 heterocycles. The van der Waals surface area contributed by atoms with Crippen LogP contribution in [0, 0.1) is 0 Å². The van der Waals surface area contributed by atoms with Crippen LogP contribution in [0.25, 0.3) is 0 Å². The molecule has 0 saturated heterocycles. The van der Waals surface area contributed by atoms with E-state index < -0.39 is 0 Å². The Morgan fingerprint density at radius 3 is 2.76 bits per heavy atom. The molecule has 1 rings (SSSR count). The van der Waals surface area contributed by atoms with Crippen LogP contribution in [0.5, 0.6) is 0 Å². The third-order valence-electron chi connectivity index (χ3n) is 2.49. The van der Waals surface area contributed by atoms with Gasteiger partial charge in [-0.3, -0.25) is 0 Å². The van der Waals surface area contributed by atoms with E-state index in [4.69, 9.17) is 34.3 Å². The molecule has 94 valence electrons. The zero-order valence-corrected chi connectivity index (χ0v) is 11.6. The number of methoxy groups -OCH3 is 1. The molecular weight excluding hydrogens is 256 g/mol. The van der Waals surface area contributed by atoms with Crippen LogP contribution in [-0.4, -0.2) is 32.3 Å². The Bertz CT molecular complexity index is 398. The lowest BCUT2D eigenvalue weighted by Gasteiger charge is -2.20. The lowest BCUT2D eigenvalue weighted by Crippen LogP contribution is -2.20. The fraction of sp³-hybridized carbons (Fsp3) is 0.417. The van der Waals surface area contributed by atoms with Crippen molar-refractivity contribution in [1.82, 2.24) is 0 Å². The zero-order valence-electron chi connectivity index (χ0n) is 10.1. The summed E-state index contributed by atoms with van der Waals surface area (Å²) in [5.41, 5.74) is 7.32. The molecule has 5 heteroatoms. The summed E-state index contributed by atoms with van der Waals surface area (Å²) in [6.45, 7) is 1.63. The van der Waals surface area contributed by atoms with E-state index in [9.17, 15) is 0 Å². The van der Waals surface area contributed by atoms with Crippen LogP contribution in [-0.2, 0) is 4.74 Å². The van der Waals surface area contributed by atoms with E-state index in [0.717, 1.165) is 30.8 Å². The maximum Gasteiger partial charge on any atom is 0.104 e. The van der Waals surface area contributed by atoms with Gasteiger partial charge in [0.15, 0.2) is 0 Å². The normalized spacial score (nSPS) is 10.3. The van der Waals surface area contributed by atoms with Crippen molar-refractivity contribution < 1.29 is 4.74 Å². The fourth-order valence-electron chi connectivity index (χ4n) is 1.54. The van der Waals surface area contributed by atoms with Gasteiger partial charge >= 0.3 is 0 Å². The minimum Gasteiger partial charge on any atom is -0.389 e. The summed E-state index contributed by atoms with van der Waals surface area (Å²) < 4.78 is 5.02. The molecule has 2 N–H and O–H groups in total. The second-order valence-electron chi connectivity index (χ2n) is 3.80. The first-order chi connectivity index (χ1) is 8.06. The van der Waals surface area contributed by atoms with Gasteiger partial charge in [-0.2, -0.15) is 0 Å². The Hall–Kier alpha value is -0.840. The van der Waals surface area contributed by atoms with Crippen molar-refractivity contribution in [3.8, 4) is 0 Å². The number of hydrogen-bond donors (Lipinski definition) is 1. The average molecular weight is 273 g/mol. The van der Waals surface area contributed by atoms with Crippen LogP contribution in [0.1, 0.15) is 12.0 Å². The Morgan fingerprint density at radius 2 is 2.24 bits per heavy atom. The van der Waals surface area contributed by atoms with Gasteiger partial charge in [0.05, 0.1) is 10.7 Å². The van der Waals surface area contributed by atoms with Gasteiger partial charge in [-0.15, -0.1) is 0 Å². The summed E-state index contributed by atoms with van der Waals surface area (Å²) in [6.07, 6.45) is 0.959. The molecule has 0 saturated carbocycles. The van der Waals surface area contributed by atoms with E-state index in [1.807, 2.05) is 19.2 Å². The van der Waals surface area contributed by atoms with Gasteiger partial charge in [0.2, 0.25) is 0 Å². The molecule has 0 aromatic heterocycles. The van der Waals surface area contributed by atoms with Crippen molar-refractivity contribution in [2.45, 2.75) is 6.42 Å². The predicted octanol–water partition coefficient (Wildman–Crippen LogP) is 2.45. The SMILES string of the molecule is COCCCN(C)c1ccc(C(N)=S)cc1Cl. The summed E-state index contributed by atoms with van der Waals surface area (Å²) >= 11 is 11.1. The topological polar surface area (TPSA) is 38.5 Å². The highest BCUT2D eigenvalue weighted by molar-refractivity contribution is 7.80. The van der Waals surface area contributed by atoms with Crippen molar-refractivity contribution in [2.24, 2.45) is 5.73 Å². The van der Waals surface area contributed by atoms with E-state index in [1.54, 1.807) is 13.2 Å². The maximum absolute atomic E-state index is 6.19. The molecule has 0 spiro atoms. The smallest absolute Gasteiger partial charge is 0.104 e. The molecule has 0 aliphatic rings. The Morgan fingerprint density at radius 1 is 1.53 bits per heavy atom. The molecule has 0 radical (unpaired) electrons. The third kappa shape index (κ3) is 4.15. The molecule has 0 unspecified atom stereocenters. The summed E-state index contributed by atoms with van der Waals surface area (Å²) in [4.78, 5) is 2.45. The number of thiocarbonyl (C=S) groups is 1. The van der Waals surface area contributed by atoms with Crippen LogP contribution >= 0.6 is 23.8 Å². The van der Waals surface area contributed by atoms with Crippen LogP contribution < -0.4 is 10.6 Å². The molecule has 0 atom stereocenters. The maximum atomic E-state index is 6.19. The summed E-state index contributed by atoms with van der Waals surface area (Å²) in [6, 6.07) is 5.62. The summed E-state index contributed by atoms with van der Waals surface area (Å²) in [5, 5.41) is 0.662. The molecule has 0 amide bonds. The van der Waals surface area contributed by atoms with Gasteiger partial charge in [-0.1, -0.05) is 23.8 Å². The minimum atomic E-state index is 0.362. The van der Waals surface area contributed by atoms with E-state index in [2.05, 4.69) is 4.90 Å². The van der Waals surface area contributed by atoms with Crippen molar-refractivity contribution in [3.63, 3.8) is 0 Å². The third-order valence-corrected chi connectivity index (χ3v) is 3.02. The summed E-state index contributed by atoms with van der Waals surface area (Å²) in [5.74, 6) is 0. The van der Waals surface area contributed by atoms with Crippen molar-refractivity contribution in [2.75, 3.05) is 32.2 Å². The molecule has 3 nitrogen and oxygen atoms in total. The number of anilines is 1. The number of rotatable bonds is 6. The van der Waals surface area contributed by atoms with Gasteiger partial charge in [0.25, 0.3) is 0 Å². The standard InChI is InChI=1S/C12H17ClN2OS/c1-15(6-3-7-16-2)11-5-4-9(12(14)17)8-10(11)13/h4-5,8H,3,6-7H2,1-2H3,(H2,14,17). The van der Waals surface area contributed by atoms with Crippen molar-refractivity contribution >= 4 is 34.5 Å². The van der Waals surface area contributed by atoms with Crippen LogP contribution in [0.2, 0.25) is 5.02 Å². The number of benzene rings is 1. The monoisotopic (exact) mass is 272 g/mol. The second-order valence-corrected chi connectivity index (χ2v) is 4.65. The lowest BCUT2D eigenvalue weighted by molar-refractivity contribution is 0.196. The average Bonchev–Trinajstić information content (AvgIpc) is 2.28. The molecule has 0 aliphatic heterocycles. The van der Waals surface area contributed by atoms with Gasteiger partial charge in [-0.25, -0.2) is 0 Å². The number of halogens is 1. The Labute approximate surface area is 112 Å². The molecule has 0 bridgehead atoms. The largest absolute Gasteiger partial charge is 0.389 e. The second kappa shape index (κ2) is 6.79. The first kappa shape index (κ1) is 14.2. The number of nitrogens with zero attached hydrogens (tertiary/aromatic N) is 1. The van der Waals surface area contributed by atoms with Gasteiger partial charge in [0.1, 0.15) is 4.99 Å². The molecular formula is C12H17ClN2OS. The predicted molar refractivity (Wildman–Crippen MR) is 77.1 cm³/mol. The molecule has 1 aromatic carbocycles. The number of ether oxygens (including phenoxy) is 1. The lowest BCUT2D eigenvalue weighted by atomic mass is 10.2. The molecule has 0 fully saturated rings. The Kier molecular flexibility index (Phi) is 5.68. The van der Waals surface area contributed by atoms with E-state index in [1.165, 1.54) is 0 Å². The van der Waals surface area contributed by atoms with Gasteiger partial charge < -0.3 is 15.4 Å². The zero-order chi connectivity index (χ0) is 12.8. The van der Waals surface area contributed by atoms with Gasteiger partial charge in [-0.05, 0) is 24.6 Å². The van der Waals surface area contributed by atoms with Crippen molar-refractivity contribution in [3.05, 3.63) is 28.8 Å². The van der Waals surface area contributed by atoms with E-state index in [0.29, 0.717) is 10.0 Å². The van der Waals surface area contributed by atoms with Crippen LogP contribution in [0.3, 0.4) is 0 Å². The molecule has 0 aliphatic carbocycles. The first-order valence-corrected chi connectivity index (χ1v) is 6.14. The van der Waals surface area contributed by atoms with E-state index in [-0.39, 0.29) is 0 Å². The highest BCUT2D eigenvalue weighted by atomic mass is 35.5. The quantitative estimate of drug-likeness (QED) is 0.638. The summed E-state index contributed by atoms with van der Waals surface area (Å²) in [7, 11) is 3.70. The van der Waals surface area contributed by atoms with Crippen LogP contribution in [0.4, 0.5) is 5.69 Å². The highest BCUT2D eigenvalue weighted by Gasteiger charge is 2.07. The van der Waals surface area contributed by atoms with E-state index >= 15 is 0 Å². The van der Waals surface area contributed by atoms with Crippen molar-refractivity contribution in [1.29, 1.82) is 0 Å². The van der Waals surface area contributed by atoms with Crippen LogP contribution in [0.15, 0.2) is 18.2 Å². The molecule has 17 heavy (non-hydrogen) atoms. The number of hydrogen-bond acceptors (Lipinski definition) is 3.